The summed E-state index contributed by atoms with van der Waals surface area (Å²) in [5.41, 5.74) is 3.51. The zero-order chi connectivity index (χ0) is 13.4. The van der Waals surface area contributed by atoms with Crippen LogP contribution in [0.2, 0.25) is 0 Å². The van der Waals surface area contributed by atoms with Gasteiger partial charge in [0.25, 0.3) is 0 Å². The maximum absolute atomic E-state index is 10.7. The van der Waals surface area contributed by atoms with E-state index in [1.165, 1.54) is 0 Å². The molecule has 0 aliphatic heterocycles. The summed E-state index contributed by atoms with van der Waals surface area (Å²) in [5, 5.41) is 16.9. The van der Waals surface area contributed by atoms with Crippen molar-refractivity contribution in [3.63, 3.8) is 0 Å². The summed E-state index contributed by atoms with van der Waals surface area (Å²) < 4.78 is 2.04. The predicted octanol–water partition coefficient (Wildman–Crippen LogP) is 2.20. The number of hydrogen-bond acceptors (Lipinski definition) is 2. The highest BCUT2D eigenvalue weighted by atomic mass is 16.4. The van der Waals surface area contributed by atoms with E-state index in [9.17, 15) is 4.79 Å². The molecule has 0 radical (unpaired) electrons. The average molecular weight is 255 g/mol. The summed E-state index contributed by atoms with van der Waals surface area (Å²) in [7, 11) is 1.98. The molecule has 0 spiro atoms. The predicted molar refractivity (Wildman–Crippen MR) is 71.8 cm³/mol. The van der Waals surface area contributed by atoms with Crippen molar-refractivity contribution in [2.75, 3.05) is 0 Å². The number of carboxylic acids is 1. The highest BCUT2D eigenvalue weighted by Crippen LogP contribution is 2.29. The number of carboxylic acid groups (broad SMARTS) is 1. The first-order chi connectivity index (χ1) is 9.15. The van der Waals surface area contributed by atoms with Crippen LogP contribution in [0.1, 0.15) is 5.69 Å². The molecule has 0 amide bonds. The monoisotopic (exact) mass is 255 g/mol. The highest BCUT2D eigenvalue weighted by molar-refractivity contribution is 5.95. The fourth-order valence-corrected chi connectivity index (χ4v) is 2.30. The van der Waals surface area contributed by atoms with Gasteiger partial charge in [-0.05, 0) is 12.1 Å². The molecule has 0 aliphatic rings. The largest absolute Gasteiger partial charge is 0.481 e. The number of benzene rings is 1. The minimum Gasteiger partial charge on any atom is -0.481 e. The second kappa shape index (κ2) is 4.28. The smallest absolute Gasteiger partial charge is 0.309 e. The number of carbonyl (C=O) groups is 1. The molecule has 19 heavy (non-hydrogen) atoms. The molecule has 96 valence electrons. The topological polar surface area (TPSA) is 70.9 Å². The van der Waals surface area contributed by atoms with E-state index in [4.69, 9.17) is 5.11 Å². The number of para-hydroxylation sites is 1. The number of aromatic amines is 1. The van der Waals surface area contributed by atoms with Gasteiger partial charge in [-0.3, -0.25) is 9.89 Å². The van der Waals surface area contributed by atoms with Gasteiger partial charge >= 0.3 is 5.97 Å². The van der Waals surface area contributed by atoms with E-state index in [0.29, 0.717) is 5.69 Å². The van der Waals surface area contributed by atoms with E-state index in [2.05, 4.69) is 10.2 Å². The van der Waals surface area contributed by atoms with Crippen molar-refractivity contribution in [1.82, 2.24) is 14.8 Å². The normalized spacial score (nSPS) is 11.0. The van der Waals surface area contributed by atoms with Crippen molar-refractivity contribution < 1.29 is 9.90 Å². The van der Waals surface area contributed by atoms with Crippen LogP contribution in [0, 0.1) is 0 Å². The maximum atomic E-state index is 10.7. The Morgan fingerprint density at radius 2 is 2.21 bits per heavy atom. The number of nitrogens with zero attached hydrogens (tertiary/aromatic N) is 2. The lowest BCUT2D eigenvalue weighted by atomic mass is 10.1. The number of aromatic nitrogens is 3. The van der Waals surface area contributed by atoms with Gasteiger partial charge < -0.3 is 9.67 Å². The van der Waals surface area contributed by atoms with Crippen molar-refractivity contribution in [2.45, 2.75) is 6.42 Å². The summed E-state index contributed by atoms with van der Waals surface area (Å²) in [6, 6.07) is 9.85. The molecule has 0 bridgehead atoms. The van der Waals surface area contributed by atoms with Gasteiger partial charge in [0, 0.05) is 35.4 Å². The summed E-state index contributed by atoms with van der Waals surface area (Å²) >= 11 is 0. The second-order valence-corrected chi connectivity index (χ2v) is 4.52. The lowest BCUT2D eigenvalue weighted by Crippen LogP contribution is -1.99. The zero-order valence-corrected chi connectivity index (χ0v) is 10.4. The Hall–Kier alpha value is -2.56. The number of H-pyrrole nitrogens is 1. The van der Waals surface area contributed by atoms with Crippen molar-refractivity contribution in [1.29, 1.82) is 0 Å². The fraction of sp³-hybridized carbons (Fsp3) is 0.143. The molecule has 1 aromatic carbocycles. The molecule has 0 aliphatic carbocycles. The molecule has 0 saturated carbocycles. The molecule has 0 fully saturated rings. The Labute approximate surface area is 109 Å². The number of aryl methyl sites for hydroxylation is 1. The number of hydrogen-bond donors (Lipinski definition) is 2. The zero-order valence-electron chi connectivity index (χ0n) is 10.4. The molecular weight excluding hydrogens is 242 g/mol. The van der Waals surface area contributed by atoms with Gasteiger partial charge in [0.05, 0.1) is 12.1 Å². The first-order valence-corrected chi connectivity index (χ1v) is 5.95. The third-order valence-electron chi connectivity index (χ3n) is 3.15. The first kappa shape index (κ1) is 11.5. The van der Waals surface area contributed by atoms with Gasteiger partial charge in [-0.25, -0.2) is 0 Å². The van der Waals surface area contributed by atoms with Gasteiger partial charge in [0.15, 0.2) is 0 Å². The van der Waals surface area contributed by atoms with Crippen LogP contribution in [0.25, 0.3) is 22.2 Å². The standard InChI is InChI=1S/C14H13N3O2/c1-17-8-11(10-4-2-3-5-13(10)17)12-6-9(15-16-12)7-14(18)19/h2-6,8H,7H2,1H3,(H,15,16)(H,18,19). The van der Waals surface area contributed by atoms with Crippen LogP contribution in [0.4, 0.5) is 0 Å². The van der Waals surface area contributed by atoms with Gasteiger partial charge in [0.1, 0.15) is 0 Å². The molecular formula is C14H13N3O2. The SMILES string of the molecule is Cn1cc(-c2cc(CC(=O)O)[nH]n2)c2ccccc21. The third kappa shape index (κ3) is 1.99. The van der Waals surface area contributed by atoms with Crippen LogP contribution in [0.15, 0.2) is 36.5 Å². The Kier molecular flexibility index (Phi) is 2.59. The van der Waals surface area contributed by atoms with E-state index in [1.807, 2.05) is 42.1 Å². The number of fused-ring (bicyclic) bond motifs is 1. The van der Waals surface area contributed by atoms with E-state index in [1.54, 1.807) is 6.07 Å². The van der Waals surface area contributed by atoms with Crippen LogP contribution in [-0.4, -0.2) is 25.8 Å². The van der Waals surface area contributed by atoms with Gasteiger partial charge in [-0.1, -0.05) is 18.2 Å². The van der Waals surface area contributed by atoms with Gasteiger partial charge in [-0.2, -0.15) is 5.10 Å². The Bertz CT molecular complexity index is 755. The summed E-state index contributed by atoms with van der Waals surface area (Å²) in [6.07, 6.45) is 1.96. The molecule has 0 unspecified atom stereocenters. The molecule has 3 rings (SSSR count). The molecule has 5 nitrogen and oxygen atoms in total. The minimum absolute atomic E-state index is 0.0439. The van der Waals surface area contributed by atoms with E-state index in [-0.39, 0.29) is 6.42 Å². The van der Waals surface area contributed by atoms with Crippen molar-refractivity contribution in [3.8, 4) is 11.3 Å². The lowest BCUT2D eigenvalue weighted by Gasteiger charge is -1.93. The maximum Gasteiger partial charge on any atom is 0.309 e. The molecule has 3 aromatic rings. The van der Waals surface area contributed by atoms with Gasteiger partial charge in [0.2, 0.25) is 0 Å². The minimum atomic E-state index is -0.867. The Morgan fingerprint density at radius 3 is 3.00 bits per heavy atom. The molecule has 2 N–H and O–H groups in total. The van der Waals surface area contributed by atoms with E-state index >= 15 is 0 Å². The molecule has 0 atom stereocenters. The first-order valence-electron chi connectivity index (χ1n) is 5.95. The number of aliphatic carboxylic acids is 1. The van der Waals surface area contributed by atoms with Crippen molar-refractivity contribution in [3.05, 3.63) is 42.2 Å². The average Bonchev–Trinajstić information content (AvgIpc) is 2.95. The lowest BCUT2D eigenvalue weighted by molar-refractivity contribution is -0.136. The van der Waals surface area contributed by atoms with Crippen molar-refractivity contribution >= 4 is 16.9 Å². The molecule has 2 aromatic heterocycles. The molecule has 5 heteroatoms. The fourth-order valence-electron chi connectivity index (χ4n) is 2.30. The second-order valence-electron chi connectivity index (χ2n) is 4.52. The van der Waals surface area contributed by atoms with Crippen LogP contribution in [0.5, 0.6) is 0 Å². The number of rotatable bonds is 3. The molecule has 2 heterocycles. The summed E-state index contributed by atoms with van der Waals surface area (Å²) in [4.78, 5) is 10.7. The van der Waals surface area contributed by atoms with Crippen molar-refractivity contribution in [2.24, 2.45) is 7.05 Å². The Balaban J connectivity index is 2.09. The van der Waals surface area contributed by atoms with E-state index in [0.717, 1.165) is 22.2 Å². The quantitative estimate of drug-likeness (QED) is 0.753. The van der Waals surface area contributed by atoms with Crippen LogP contribution in [0.3, 0.4) is 0 Å². The van der Waals surface area contributed by atoms with Crippen LogP contribution < -0.4 is 0 Å². The van der Waals surface area contributed by atoms with Gasteiger partial charge in [-0.15, -0.1) is 0 Å². The summed E-state index contributed by atoms with van der Waals surface area (Å²) in [6.45, 7) is 0. The molecule has 0 saturated heterocycles. The van der Waals surface area contributed by atoms with E-state index < -0.39 is 5.97 Å². The van der Waals surface area contributed by atoms with Crippen LogP contribution >= 0.6 is 0 Å². The highest BCUT2D eigenvalue weighted by Gasteiger charge is 2.12. The number of nitrogens with one attached hydrogen (secondary N) is 1. The third-order valence-corrected chi connectivity index (χ3v) is 3.15. The van der Waals surface area contributed by atoms with Crippen LogP contribution in [-0.2, 0) is 18.3 Å². The summed E-state index contributed by atoms with van der Waals surface area (Å²) in [5.74, 6) is -0.867. The Morgan fingerprint density at radius 1 is 1.42 bits per heavy atom.